The molecule has 0 unspecified atom stereocenters. The summed E-state index contributed by atoms with van der Waals surface area (Å²) in [5, 5.41) is 11.7. The van der Waals surface area contributed by atoms with Crippen LogP contribution in [0, 0.1) is 11.3 Å². The molecule has 5 heteroatoms. The molecular weight excluding hydrogens is 240 g/mol. The second-order valence-electron chi connectivity index (χ2n) is 3.71. The average molecular weight is 253 g/mol. The van der Waals surface area contributed by atoms with Crippen LogP contribution in [0.25, 0.3) is 0 Å². The first-order valence-electron chi connectivity index (χ1n) is 5.14. The minimum Gasteiger partial charge on any atom is -0.369 e. The minimum atomic E-state index is -0.296. The summed E-state index contributed by atoms with van der Waals surface area (Å²) in [6.07, 6.45) is -0.0123. The lowest BCUT2D eigenvalue weighted by molar-refractivity contribution is -0.121. The summed E-state index contributed by atoms with van der Waals surface area (Å²) in [6, 6.07) is 6.65. The first kappa shape index (κ1) is 13.5. The Balaban J connectivity index is 2.68. The highest BCUT2D eigenvalue weighted by Gasteiger charge is 2.07. The van der Waals surface area contributed by atoms with Crippen LogP contribution in [0.2, 0.25) is 5.02 Å². The number of carbonyl (C=O) groups is 1. The monoisotopic (exact) mass is 252 g/mol. The molecule has 0 spiro atoms. The Kier molecular flexibility index (Phi) is 4.95. The van der Waals surface area contributed by atoms with Crippen molar-refractivity contribution in [2.24, 2.45) is 0 Å². The summed E-state index contributed by atoms with van der Waals surface area (Å²) < 4.78 is 5.15. The number of nitrogens with zero attached hydrogens (tertiary/aromatic N) is 1. The van der Waals surface area contributed by atoms with Crippen LogP contribution in [-0.2, 0) is 9.53 Å². The molecule has 1 N–H and O–H groups in total. The molecule has 1 aromatic carbocycles. The van der Waals surface area contributed by atoms with Gasteiger partial charge in [0, 0.05) is 0 Å². The van der Waals surface area contributed by atoms with Gasteiger partial charge in [-0.2, -0.15) is 5.26 Å². The fourth-order valence-electron chi connectivity index (χ4n) is 1.12. The standard InChI is InChI=1S/C12H13ClN2O2/c1-8(2)17-7-12(16)15-11-5-9(6-14)3-4-10(11)13/h3-5,8H,7H2,1-2H3,(H,15,16). The highest BCUT2D eigenvalue weighted by Crippen LogP contribution is 2.22. The second-order valence-corrected chi connectivity index (χ2v) is 4.12. The highest BCUT2D eigenvalue weighted by molar-refractivity contribution is 6.33. The maximum atomic E-state index is 11.5. The van der Waals surface area contributed by atoms with Crippen LogP contribution >= 0.6 is 11.6 Å². The number of anilines is 1. The number of benzene rings is 1. The van der Waals surface area contributed by atoms with Crippen molar-refractivity contribution < 1.29 is 9.53 Å². The van der Waals surface area contributed by atoms with Crippen LogP contribution < -0.4 is 5.32 Å². The molecule has 0 aliphatic heterocycles. The minimum absolute atomic E-state index is 0.0123. The fourth-order valence-corrected chi connectivity index (χ4v) is 1.28. The molecule has 0 saturated heterocycles. The van der Waals surface area contributed by atoms with E-state index in [4.69, 9.17) is 21.6 Å². The van der Waals surface area contributed by atoms with E-state index >= 15 is 0 Å². The topological polar surface area (TPSA) is 62.1 Å². The molecule has 0 atom stereocenters. The highest BCUT2D eigenvalue weighted by atomic mass is 35.5. The molecule has 0 radical (unpaired) electrons. The number of ether oxygens (including phenoxy) is 1. The molecule has 90 valence electrons. The number of nitrogens with one attached hydrogen (secondary N) is 1. The van der Waals surface area contributed by atoms with Crippen molar-refractivity contribution >= 4 is 23.2 Å². The normalized spacial score (nSPS) is 10.1. The Bertz CT molecular complexity index is 452. The van der Waals surface area contributed by atoms with E-state index < -0.39 is 0 Å². The van der Waals surface area contributed by atoms with Gasteiger partial charge in [-0.3, -0.25) is 4.79 Å². The Morgan fingerprint density at radius 2 is 2.29 bits per heavy atom. The molecule has 0 heterocycles. The van der Waals surface area contributed by atoms with Gasteiger partial charge in [0.15, 0.2) is 0 Å². The number of carbonyl (C=O) groups excluding carboxylic acids is 1. The Morgan fingerprint density at radius 3 is 2.88 bits per heavy atom. The molecule has 0 bridgehead atoms. The second kappa shape index (κ2) is 6.24. The van der Waals surface area contributed by atoms with Gasteiger partial charge in [-0.15, -0.1) is 0 Å². The third kappa shape index (κ3) is 4.43. The predicted molar refractivity (Wildman–Crippen MR) is 65.9 cm³/mol. The van der Waals surface area contributed by atoms with E-state index in [9.17, 15) is 4.79 Å². The van der Waals surface area contributed by atoms with Crippen molar-refractivity contribution in [3.8, 4) is 6.07 Å². The van der Waals surface area contributed by atoms with E-state index in [0.717, 1.165) is 0 Å². The predicted octanol–water partition coefficient (Wildman–Crippen LogP) is 2.58. The number of rotatable bonds is 4. The van der Waals surface area contributed by atoms with Crippen molar-refractivity contribution in [1.82, 2.24) is 0 Å². The molecule has 4 nitrogen and oxygen atoms in total. The molecule has 1 aromatic rings. The van der Waals surface area contributed by atoms with Gasteiger partial charge >= 0.3 is 0 Å². The largest absolute Gasteiger partial charge is 0.369 e. The number of amides is 1. The molecule has 0 aliphatic carbocycles. The van der Waals surface area contributed by atoms with E-state index in [0.29, 0.717) is 16.3 Å². The summed E-state index contributed by atoms with van der Waals surface area (Å²) in [4.78, 5) is 11.5. The maximum absolute atomic E-state index is 11.5. The average Bonchev–Trinajstić information content (AvgIpc) is 2.29. The quantitative estimate of drug-likeness (QED) is 0.896. The Hall–Kier alpha value is -1.57. The van der Waals surface area contributed by atoms with E-state index in [-0.39, 0.29) is 18.6 Å². The summed E-state index contributed by atoms with van der Waals surface area (Å²) in [5.74, 6) is -0.296. The fraction of sp³-hybridized carbons (Fsp3) is 0.333. The summed E-state index contributed by atoms with van der Waals surface area (Å²) in [7, 11) is 0. The van der Waals surface area contributed by atoms with E-state index in [2.05, 4.69) is 5.32 Å². The van der Waals surface area contributed by atoms with Crippen LogP contribution in [0.15, 0.2) is 18.2 Å². The molecule has 1 rings (SSSR count). The molecule has 0 aromatic heterocycles. The molecule has 17 heavy (non-hydrogen) atoms. The van der Waals surface area contributed by atoms with Crippen LogP contribution in [0.4, 0.5) is 5.69 Å². The van der Waals surface area contributed by atoms with E-state index in [1.807, 2.05) is 19.9 Å². The van der Waals surface area contributed by atoms with Crippen molar-refractivity contribution in [1.29, 1.82) is 5.26 Å². The Labute approximate surface area is 105 Å². The molecular formula is C12H13ClN2O2. The van der Waals surface area contributed by atoms with Crippen molar-refractivity contribution in [2.45, 2.75) is 20.0 Å². The third-order valence-corrected chi connectivity index (χ3v) is 2.25. The summed E-state index contributed by atoms with van der Waals surface area (Å²) in [6.45, 7) is 3.65. The number of halogens is 1. The van der Waals surface area contributed by atoms with Crippen LogP contribution in [0.3, 0.4) is 0 Å². The van der Waals surface area contributed by atoms with Gasteiger partial charge in [-0.1, -0.05) is 11.6 Å². The SMILES string of the molecule is CC(C)OCC(=O)Nc1cc(C#N)ccc1Cl. The van der Waals surface area contributed by atoms with Gasteiger partial charge in [0.25, 0.3) is 0 Å². The third-order valence-electron chi connectivity index (χ3n) is 1.92. The van der Waals surface area contributed by atoms with Crippen molar-refractivity contribution in [2.75, 3.05) is 11.9 Å². The van der Waals surface area contributed by atoms with Crippen LogP contribution in [0.1, 0.15) is 19.4 Å². The lowest BCUT2D eigenvalue weighted by Gasteiger charge is -2.09. The van der Waals surface area contributed by atoms with Crippen molar-refractivity contribution in [3.63, 3.8) is 0 Å². The molecule has 0 aliphatic rings. The molecule has 1 amide bonds. The van der Waals surface area contributed by atoms with Gasteiger partial charge in [0.2, 0.25) is 5.91 Å². The summed E-state index contributed by atoms with van der Waals surface area (Å²) in [5.41, 5.74) is 0.859. The van der Waals surface area contributed by atoms with Gasteiger partial charge < -0.3 is 10.1 Å². The molecule has 0 fully saturated rings. The Morgan fingerprint density at radius 1 is 1.59 bits per heavy atom. The zero-order valence-corrected chi connectivity index (χ0v) is 10.4. The summed E-state index contributed by atoms with van der Waals surface area (Å²) >= 11 is 5.90. The van der Waals surface area contributed by atoms with Gasteiger partial charge in [0.05, 0.1) is 28.4 Å². The van der Waals surface area contributed by atoms with Crippen molar-refractivity contribution in [3.05, 3.63) is 28.8 Å². The zero-order valence-electron chi connectivity index (χ0n) is 9.66. The van der Waals surface area contributed by atoms with Gasteiger partial charge in [-0.05, 0) is 32.0 Å². The zero-order chi connectivity index (χ0) is 12.8. The van der Waals surface area contributed by atoms with E-state index in [1.54, 1.807) is 12.1 Å². The lowest BCUT2D eigenvalue weighted by atomic mass is 10.2. The lowest BCUT2D eigenvalue weighted by Crippen LogP contribution is -2.20. The van der Waals surface area contributed by atoms with Crippen LogP contribution in [-0.4, -0.2) is 18.6 Å². The maximum Gasteiger partial charge on any atom is 0.250 e. The van der Waals surface area contributed by atoms with Crippen LogP contribution in [0.5, 0.6) is 0 Å². The number of hydrogen-bond donors (Lipinski definition) is 1. The van der Waals surface area contributed by atoms with Gasteiger partial charge in [0.1, 0.15) is 6.61 Å². The van der Waals surface area contributed by atoms with E-state index in [1.165, 1.54) is 6.07 Å². The smallest absolute Gasteiger partial charge is 0.250 e. The number of hydrogen-bond acceptors (Lipinski definition) is 3. The number of nitriles is 1. The van der Waals surface area contributed by atoms with Gasteiger partial charge in [-0.25, -0.2) is 0 Å². The molecule has 0 saturated carbocycles. The first-order valence-corrected chi connectivity index (χ1v) is 5.52. The first-order chi connectivity index (χ1) is 8.02.